The van der Waals surface area contributed by atoms with E-state index in [2.05, 4.69) is 15.0 Å². The minimum absolute atomic E-state index is 0.183. The number of aromatic nitrogens is 3. The van der Waals surface area contributed by atoms with Gasteiger partial charge >= 0.3 is 0 Å². The summed E-state index contributed by atoms with van der Waals surface area (Å²) in [6.45, 7) is 0. The van der Waals surface area contributed by atoms with E-state index in [1.54, 1.807) is 31.5 Å². The van der Waals surface area contributed by atoms with Gasteiger partial charge in [-0.3, -0.25) is 4.98 Å². The number of benzene rings is 2. The fourth-order valence-electron chi connectivity index (χ4n) is 2.90. The number of phenolic OH excluding ortho intramolecular Hbond substituents is 1. The Morgan fingerprint density at radius 2 is 1.85 bits per heavy atom. The zero-order valence-corrected chi connectivity index (χ0v) is 14.0. The molecular formula is C20H16N4O2. The summed E-state index contributed by atoms with van der Waals surface area (Å²) in [6, 6.07) is 14.7. The van der Waals surface area contributed by atoms with Crippen molar-refractivity contribution in [2.45, 2.75) is 0 Å². The quantitative estimate of drug-likeness (QED) is 0.589. The summed E-state index contributed by atoms with van der Waals surface area (Å²) in [5.41, 5.74) is 10.1. The summed E-state index contributed by atoms with van der Waals surface area (Å²) in [5, 5.41) is 10.6. The lowest BCUT2D eigenvalue weighted by Crippen LogP contribution is -1.95. The number of nitrogen functional groups attached to an aromatic ring is 1. The molecule has 0 amide bonds. The number of anilines is 1. The molecule has 0 unspecified atom stereocenters. The average Bonchev–Trinajstić information content (AvgIpc) is 2.67. The summed E-state index contributed by atoms with van der Waals surface area (Å²) in [6.07, 6.45) is 3.10. The van der Waals surface area contributed by atoms with E-state index in [-0.39, 0.29) is 5.75 Å². The van der Waals surface area contributed by atoms with Crippen LogP contribution in [0.2, 0.25) is 0 Å². The minimum Gasteiger partial charge on any atom is -0.508 e. The smallest absolute Gasteiger partial charge is 0.137 e. The number of aromatic hydroxyl groups is 1. The van der Waals surface area contributed by atoms with E-state index in [4.69, 9.17) is 10.5 Å². The van der Waals surface area contributed by atoms with Gasteiger partial charge in [-0.1, -0.05) is 18.2 Å². The van der Waals surface area contributed by atoms with Crippen molar-refractivity contribution in [1.82, 2.24) is 15.0 Å². The Kier molecular flexibility index (Phi) is 3.85. The van der Waals surface area contributed by atoms with Crippen LogP contribution in [0.15, 0.2) is 61.1 Å². The van der Waals surface area contributed by atoms with E-state index < -0.39 is 0 Å². The van der Waals surface area contributed by atoms with Crippen LogP contribution in [0.4, 0.5) is 5.82 Å². The molecule has 2 aromatic heterocycles. The Morgan fingerprint density at radius 3 is 2.65 bits per heavy atom. The molecule has 6 nitrogen and oxygen atoms in total. The van der Waals surface area contributed by atoms with Gasteiger partial charge in [-0.25, -0.2) is 9.97 Å². The number of ether oxygens (including phenoxy) is 1. The standard InChI is InChI=1S/C20H16N4O2/c1-26-15-9-16(19(22-10-15)13-3-2-4-14(25)7-13)12-5-6-18-17(8-12)20(21)24-11-23-18/h2-11,25H,1H3,(H2,21,23,24). The zero-order chi connectivity index (χ0) is 18.1. The number of methoxy groups -OCH3 is 1. The third-order valence-corrected chi connectivity index (χ3v) is 4.20. The molecule has 3 N–H and O–H groups in total. The molecule has 0 fully saturated rings. The largest absolute Gasteiger partial charge is 0.508 e. The first-order valence-electron chi connectivity index (χ1n) is 8.00. The maximum atomic E-state index is 9.83. The van der Waals surface area contributed by atoms with Crippen molar-refractivity contribution in [3.8, 4) is 33.9 Å². The Labute approximate surface area is 149 Å². The van der Waals surface area contributed by atoms with E-state index in [9.17, 15) is 5.11 Å². The number of fused-ring (bicyclic) bond motifs is 1. The van der Waals surface area contributed by atoms with Crippen LogP contribution in [0.3, 0.4) is 0 Å². The van der Waals surface area contributed by atoms with Crippen LogP contribution in [0.1, 0.15) is 0 Å². The Balaban J connectivity index is 1.96. The summed E-state index contributed by atoms with van der Waals surface area (Å²) < 4.78 is 5.34. The van der Waals surface area contributed by atoms with Gasteiger partial charge in [-0.2, -0.15) is 0 Å². The Bertz CT molecular complexity index is 1110. The van der Waals surface area contributed by atoms with Gasteiger partial charge in [0.25, 0.3) is 0 Å². The lowest BCUT2D eigenvalue weighted by Gasteiger charge is -2.12. The Hall–Kier alpha value is -3.67. The highest BCUT2D eigenvalue weighted by atomic mass is 16.5. The second-order valence-electron chi connectivity index (χ2n) is 5.81. The van der Waals surface area contributed by atoms with Crippen molar-refractivity contribution in [2.24, 2.45) is 0 Å². The normalized spacial score (nSPS) is 10.8. The van der Waals surface area contributed by atoms with Gasteiger partial charge < -0.3 is 15.6 Å². The highest BCUT2D eigenvalue weighted by Crippen LogP contribution is 2.35. The van der Waals surface area contributed by atoms with Gasteiger partial charge in [0.15, 0.2) is 0 Å². The van der Waals surface area contributed by atoms with Gasteiger partial charge in [0.05, 0.1) is 24.5 Å². The lowest BCUT2D eigenvalue weighted by atomic mass is 9.98. The second kappa shape index (κ2) is 6.33. The number of phenols is 1. The topological polar surface area (TPSA) is 94.1 Å². The molecule has 0 aliphatic rings. The summed E-state index contributed by atoms with van der Waals surface area (Å²) >= 11 is 0. The average molecular weight is 344 g/mol. The molecule has 2 aromatic carbocycles. The van der Waals surface area contributed by atoms with E-state index in [1.165, 1.54) is 6.33 Å². The van der Waals surface area contributed by atoms with Crippen molar-refractivity contribution >= 4 is 16.7 Å². The fraction of sp³-hybridized carbons (Fsp3) is 0.0500. The van der Waals surface area contributed by atoms with Crippen LogP contribution in [-0.4, -0.2) is 27.2 Å². The fourth-order valence-corrected chi connectivity index (χ4v) is 2.90. The van der Waals surface area contributed by atoms with E-state index in [0.29, 0.717) is 11.6 Å². The molecule has 4 aromatic rings. The third kappa shape index (κ3) is 2.77. The highest BCUT2D eigenvalue weighted by molar-refractivity contribution is 5.93. The lowest BCUT2D eigenvalue weighted by molar-refractivity contribution is 0.413. The molecule has 2 heterocycles. The van der Waals surface area contributed by atoms with Gasteiger partial charge in [0.2, 0.25) is 0 Å². The van der Waals surface area contributed by atoms with E-state index in [1.807, 2.05) is 30.3 Å². The number of nitrogens with two attached hydrogens (primary N) is 1. The van der Waals surface area contributed by atoms with E-state index in [0.717, 1.165) is 33.3 Å². The molecule has 0 aliphatic heterocycles. The van der Waals surface area contributed by atoms with Crippen LogP contribution in [0.25, 0.3) is 33.3 Å². The zero-order valence-electron chi connectivity index (χ0n) is 14.0. The maximum Gasteiger partial charge on any atom is 0.137 e. The number of nitrogens with zero attached hydrogens (tertiary/aromatic N) is 3. The van der Waals surface area contributed by atoms with Crippen LogP contribution in [-0.2, 0) is 0 Å². The van der Waals surface area contributed by atoms with E-state index >= 15 is 0 Å². The summed E-state index contributed by atoms with van der Waals surface area (Å²) in [4.78, 5) is 12.8. The van der Waals surface area contributed by atoms with Crippen molar-refractivity contribution < 1.29 is 9.84 Å². The maximum absolute atomic E-state index is 9.83. The summed E-state index contributed by atoms with van der Waals surface area (Å²) in [7, 11) is 1.60. The number of hydrogen-bond donors (Lipinski definition) is 2. The number of rotatable bonds is 3. The predicted molar refractivity (Wildman–Crippen MR) is 101 cm³/mol. The molecule has 26 heavy (non-hydrogen) atoms. The monoisotopic (exact) mass is 344 g/mol. The first-order chi connectivity index (χ1) is 12.7. The van der Waals surface area contributed by atoms with Crippen LogP contribution >= 0.6 is 0 Å². The molecule has 0 spiro atoms. The van der Waals surface area contributed by atoms with Crippen molar-refractivity contribution in [3.63, 3.8) is 0 Å². The van der Waals surface area contributed by atoms with Gasteiger partial charge in [-0.05, 0) is 35.9 Å². The number of pyridine rings is 1. The first-order valence-corrected chi connectivity index (χ1v) is 8.00. The summed E-state index contributed by atoms with van der Waals surface area (Å²) in [5.74, 6) is 1.25. The van der Waals surface area contributed by atoms with Crippen LogP contribution in [0, 0.1) is 0 Å². The second-order valence-corrected chi connectivity index (χ2v) is 5.81. The molecule has 0 aliphatic carbocycles. The highest BCUT2D eigenvalue weighted by Gasteiger charge is 2.13. The van der Waals surface area contributed by atoms with Gasteiger partial charge in [-0.15, -0.1) is 0 Å². The molecule has 6 heteroatoms. The van der Waals surface area contributed by atoms with Crippen molar-refractivity contribution in [3.05, 3.63) is 61.1 Å². The van der Waals surface area contributed by atoms with Crippen molar-refractivity contribution in [2.75, 3.05) is 12.8 Å². The molecule has 128 valence electrons. The molecule has 0 bridgehead atoms. The minimum atomic E-state index is 0.183. The van der Waals surface area contributed by atoms with Crippen LogP contribution in [0.5, 0.6) is 11.5 Å². The number of hydrogen-bond acceptors (Lipinski definition) is 6. The molecule has 0 saturated heterocycles. The molecule has 0 saturated carbocycles. The van der Waals surface area contributed by atoms with Crippen molar-refractivity contribution in [1.29, 1.82) is 0 Å². The molecule has 4 rings (SSSR count). The predicted octanol–water partition coefficient (Wildman–Crippen LogP) is 3.66. The molecule has 0 radical (unpaired) electrons. The third-order valence-electron chi connectivity index (χ3n) is 4.20. The van der Waals surface area contributed by atoms with Gasteiger partial charge in [0, 0.05) is 16.5 Å². The SMILES string of the molecule is COc1cnc(-c2cccc(O)c2)c(-c2ccc3ncnc(N)c3c2)c1. The Morgan fingerprint density at radius 1 is 0.962 bits per heavy atom. The van der Waals surface area contributed by atoms with Gasteiger partial charge in [0.1, 0.15) is 23.6 Å². The molecular weight excluding hydrogens is 328 g/mol. The first kappa shape index (κ1) is 15.8. The van der Waals surface area contributed by atoms with Crippen LogP contribution < -0.4 is 10.5 Å². The molecule has 0 atom stereocenters.